The van der Waals surface area contributed by atoms with E-state index in [0.717, 1.165) is 0 Å². The van der Waals surface area contributed by atoms with Gasteiger partial charge in [0.2, 0.25) is 0 Å². The molecule has 1 atom stereocenters. The van der Waals surface area contributed by atoms with Crippen molar-refractivity contribution in [3.63, 3.8) is 0 Å². The van der Waals surface area contributed by atoms with Crippen LogP contribution < -0.4 is 0 Å². The van der Waals surface area contributed by atoms with Gasteiger partial charge in [0.05, 0.1) is 37.6 Å². The van der Waals surface area contributed by atoms with Crippen LogP contribution in [-0.2, 0) is 30.5 Å². The smallest absolute Gasteiger partial charge is 0.317 e. The van der Waals surface area contributed by atoms with E-state index >= 15 is 0 Å². The number of aliphatic carboxylic acids is 5. The first-order valence-corrected chi connectivity index (χ1v) is 13.7. The summed E-state index contributed by atoms with van der Waals surface area (Å²) in [6, 6.07) is 4.73. The van der Waals surface area contributed by atoms with E-state index in [1.165, 1.54) is 39.0 Å². The maximum absolute atomic E-state index is 11.9. The van der Waals surface area contributed by atoms with Crippen LogP contribution in [0.4, 0.5) is 5.69 Å². The number of rotatable bonds is 15. The Bertz CT molecular complexity index is 1170. The summed E-state index contributed by atoms with van der Waals surface area (Å²) in [5.74, 6) is -5.82. The molecule has 1 saturated heterocycles. The molecule has 2 rings (SSSR count). The molecule has 0 amide bonds. The molecule has 0 saturated carbocycles. The van der Waals surface area contributed by atoms with Crippen LogP contribution in [0.5, 0.6) is 0 Å². The molecule has 1 heterocycles. The summed E-state index contributed by atoms with van der Waals surface area (Å²) in [4.78, 5) is 76.6. The van der Waals surface area contributed by atoms with Crippen molar-refractivity contribution in [1.29, 1.82) is 0 Å². The van der Waals surface area contributed by atoms with Crippen molar-refractivity contribution in [1.82, 2.24) is 24.5 Å². The molecule has 0 aliphatic carbocycles. The Morgan fingerprint density at radius 2 is 1.16 bits per heavy atom. The van der Waals surface area contributed by atoms with Crippen molar-refractivity contribution < 1.29 is 54.4 Å². The molecule has 1 aliphatic heterocycles. The highest BCUT2D eigenvalue weighted by molar-refractivity contribution is 5.70. The average molecular weight is 627 g/mol. The van der Waals surface area contributed by atoms with E-state index in [-0.39, 0.29) is 77.7 Å². The Labute approximate surface area is 252 Å². The van der Waals surface area contributed by atoms with Crippen LogP contribution >= 0.6 is 0 Å². The van der Waals surface area contributed by atoms with E-state index in [4.69, 9.17) is 0 Å². The fourth-order valence-corrected chi connectivity index (χ4v) is 4.99. The van der Waals surface area contributed by atoms with E-state index in [9.17, 15) is 59.6 Å². The number of nitro groups is 1. The van der Waals surface area contributed by atoms with Gasteiger partial charge in [-0.15, -0.1) is 0 Å². The van der Waals surface area contributed by atoms with Gasteiger partial charge in [0.25, 0.3) is 5.69 Å². The van der Waals surface area contributed by atoms with E-state index in [2.05, 4.69) is 0 Å². The van der Waals surface area contributed by atoms with Crippen molar-refractivity contribution in [2.24, 2.45) is 0 Å². The molecule has 5 N–H and O–H groups in total. The summed E-state index contributed by atoms with van der Waals surface area (Å²) in [6.07, 6.45) is 0. The van der Waals surface area contributed by atoms with Crippen LogP contribution in [0.25, 0.3) is 0 Å². The quantitative estimate of drug-likeness (QED) is 0.109. The van der Waals surface area contributed by atoms with Gasteiger partial charge in [0.15, 0.2) is 0 Å². The number of benzene rings is 1. The molecule has 18 nitrogen and oxygen atoms in total. The normalized spacial score (nSPS) is 18.2. The van der Waals surface area contributed by atoms with Crippen LogP contribution in [-0.4, -0.2) is 176 Å². The third kappa shape index (κ3) is 13.8. The highest BCUT2D eigenvalue weighted by atomic mass is 16.6. The largest absolute Gasteiger partial charge is 0.480 e. The van der Waals surface area contributed by atoms with Gasteiger partial charge >= 0.3 is 29.8 Å². The molecule has 1 fully saturated rings. The first kappa shape index (κ1) is 36.0. The molecule has 18 heteroatoms. The average Bonchev–Trinajstić information content (AvgIpc) is 2.89. The van der Waals surface area contributed by atoms with E-state index in [0.29, 0.717) is 5.56 Å². The zero-order chi connectivity index (χ0) is 32.8. The second kappa shape index (κ2) is 17.8. The van der Waals surface area contributed by atoms with Crippen molar-refractivity contribution in [2.75, 3.05) is 85.1 Å². The summed E-state index contributed by atoms with van der Waals surface area (Å²) in [7, 11) is 0. The van der Waals surface area contributed by atoms with Crippen LogP contribution in [0, 0.1) is 10.1 Å². The molecule has 1 aromatic carbocycles. The Morgan fingerprint density at radius 1 is 0.705 bits per heavy atom. The van der Waals surface area contributed by atoms with Gasteiger partial charge in [-0.05, 0) is 5.56 Å². The molecule has 0 bridgehead atoms. The number of hydrogen-bond acceptors (Lipinski definition) is 12. The van der Waals surface area contributed by atoms with Gasteiger partial charge in [-0.2, -0.15) is 0 Å². The number of carboxylic acids is 5. The minimum Gasteiger partial charge on any atom is -0.480 e. The lowest BCUT2D eigenvalue weighted by Crippen LogP contribution is -2.56. The minimum absolute atomic E-state index is 0.0260. The van der Waals surface area contributed by atoms with Crippen molar-refractivity contribution in [2.45, 2.75) is 12.6 Å². The van der Waals surface area contributed by atoms with Gasteiger partial charge in [0.1, 0.15) is 0 Å². The Morgan fingerprint density at radius 3 is 1.61 bits per heavy atom. The molecule has 1 aliphatic rings. The van der Waals surface area contributed by atoms with E-state index in [1.807, 2.05) is 0 Å². The molecule has 0 aromatic heterocycles. The van der Waals surface area contributed by atoms with Crippen LogP contribution in [0.3, 0.4) is 0 Å². The third-order valence-corrected chi connectivity index (χ3v) is 6.95. The fourth-order valence-electron chi connectivity index (χ4n) is 4.99. The lowest BCUT2D eigenvalue weighted by Gasteiger charge is -2.39. The van der Waals surface area contributed by atoms with Crippen LogP contribution in [0.2, 0.25) is 0 Å². The summed E-state index contributed by atoms with van der Waals surface area (Å²) < 4.78 is 0. The second-order valence-electron chi connectivity index (χ2n) is 10.5. The number of hydrogen-bond donors (Lipinski definition) is 5. The van der Waals surface area contributed by atoms with Gasteiger partial charge in [-0.3, -0.25) is 58.6 Å². The number of non-ortho nitro benzene ring substituents is 1. The standard InChI is InChI=1S/C26H38N6O12/c33-22(34)14-27-5-6-28(15-23(35)36)9-10-31(18-26(41)42)21(12-29(8-7-27)16-24(37)38)13-30(17-25(39)40)11-19-1-3-20(4-2-19)32(43)44/h1-4,21H,5-18H2,(H,33,34)(H,35,36)(H,37,38)(H,39,40)(H,41,42). The Kier molecular flexibility index (Phi) is 14.5. The topological polar surface area (TPSA) is 246 Å². The monoisotopic (exact) mass is 626 g/mol. The molecule has 1 unspecified atom stereocenters. The van der Waals surface area contributed by atoms with Crippen molar-refractivity contribution in [3.8, 4) is 0 Å². The zero-order valence-corrected chi connectivity index (χ0v) is 24.1. The van der Waals surface area contributed by atoms with Gasteiger partial charge in [-0.25, -0.2) is 0 Å². The number of nitrogens with zero attached hydrogens (tertiary/aromatic N) is 6. The maximum Gasteiger partial charge on any atom is 0.317 e. The summed E-state index contributed by atoms with van der Waals surface area (Å²) >= 11 is 0. The lowest BCUT2D eigenvalue weighted by molar-refractivity contribution is -0.384. The predicted octanol–water partition coefficient (Wildman–Crippen LogP) is -1.59. The number of carboxylic acid groups (broad SMARTS) is 5. The first-order valence-electron chi connectivity index (χ1n) is 13.7. The molecular weight excluding hydrogens is 588 g/mol. The number of carbonyl (C=O) groups is 5. The molecule has 0 spiro atoms. The SMILES string of the molecule is O=C(O)CN1CCN(CC(=O)O)CCN(CC(=O)O)C(CN(CC(=O)O)Cc2ccc([N+](=O)[O-])cc2)CN(CC(=O)O)CC1. The van der Waals surface area contributed by atoms with Gasteiger partial charge in [-0.1, -0.05) is 12.1 Å². The third-order valence-electron chi connectivity index (χ3n) is 6.95. The Hall–Kier alpha value is -4.23. The zero-order valence-electron chi connectivity index (χ0n) is 24.1. The second-order valence-corrected chi connectivity index (χ2v) is 10.5. The highest BCUT2D eigenvalue weighted by Crippen LogP contribution is 2.15. The maximum atomic E-state index is 11.9. The molecule has 0 radical (unpaired) electrons. The summed E-state index contributed by atoms with van der Waals surface area (Å²) in [6.45, 7) is -1.62. The summed E-state index contributed by atoms with van der Waals surface area (Å²) in [5, 5.41) is 58.7. The molecule has 244 valence electrons. The van der Waals surface area contributed by atoms with E-state index in [1.54, 1.807) is 9.80 Å². The van der Waals surface area contributed by atoms with Crippen LogP contribution in [0.15, 0.2) is 24.3 Å². The molecule has 1 aromatic rings. The minimum atomic E-state index is -1.20. The summed E-state index contributed by atoms with van der Waals surface area (Å²) in [5.41, 5.74) is 0.395. The molecular formula is C26H38N6O12. The van der Waals surface area contributed by atoms with Crippen LogP contribution in [0.1, 0.15) is 5.56 Å². The van der Waals surface area contributed by atoms with Gasteiger partial charge in [0, 0.05) is 77.1 Å². The van der Waals surface area contributed by atoms with Crippen molar-refractivity contribution >= 4 is 35.5 Å². The lowest BCUT2D eigenvalue weighted by atomic mass is 10.1. The van der Waals surface area contributed by atoms with Crippen molar-refractivity contribution in [3.05, 3.63) is 39.9 Å². The highest BCUT2D eigenvalue weighted by Gasteiger charge is 2.29. The van der Waals surface area contributed by atoms with E-state index < -0.39 is 60.4 Å². The number of nitro benzene ring substituents is 1. The predicted molar refractivity (Wildman–Crippen MR) is 151 cm³/mol. The van der Waals surface area contributed by atoms with Gasteiger partial charge < -0.3 is 25.5 Å². The Balaban J connectivity index is 2.47. The fraction of sp³-hybridized carbons (Fsp3) is 0.577. The first-order chi connectivity index (χ1) is 20.7. The molecule has 44 heavy (non-hydrogen) atoms.